The fraction of sp³-hybridized carbons (Fsp3) is 0.217. The average Bonchev–Trinajstić information content (AvgIpc) is 3.43. The van der Waals surface area contributed by atoms with Crippen molar-refractivity contribution in [2.24, 2.45) is 23.7 Å². The van der Waals surface area contributed by atoms with Crippen molar-refractivity contribution >= 4 is 23.8 Å². The van der Waals surface area contributed by atoms with Crippen LogP contribution in [0.1, 0.15) is 27.1 Å². The number of benzene rings is 2. The van der Waals surface area contributed by atoms with Crippen LogP contribution in [0.4, 0.5) is 0 Å². The molecular formula is C23H20N2O6. The molecule has 2 amide bonds. The maximum Gasteiger partial charge on any atom is 0.362 e. The molecule has 1 fully saturated rings. The highest BCUT2D eigenvalue weighted by atomic mass is 16.7. The summed E-state index contributed by atoms with van der Waals surface area (Å²) < 4.78 is 0. The average molecular weight is 420 g/mol. The van der Waals surface area contributed by atoms with Crippen LogP contribution in [0.3, 0.4) is 0 Å². The van der Waals surface area contributed by atoms with Gasteiger partial charge in [-0.15, -0.1) is 0 Å². The van der Waals surface area contributed by atoms with Gasteiger partial charge in [0.2, 0.25) is 0 Å². The molecule has 31 heavy (non-hydrogen) atoms. The SMILES string of the molecule is O=C(ONC(=O)[C@@H]1[C@@H](C(=O)NOC(=O)c2ccccc2)[C@H]2C=C[C@H]1C2)c1ccccc1. The Morgan fingerprint density at radius 3 is 1.42 bits per heavy atom. The van der Waals surface area contributed by atoms with E-state index in [1.807, 2.05) is 12.2 Å². The predicted octanol–water partition coefficient (Wildman–Crippen LogP) is 2.20. The second-order valence-electron chi connectivity index (χ2n) is 7.44. The van der Waals surface area contributed by atoms with E-state index in [1.165, 1.54) is 0 Å². The van der Waals surface area contributed by atoms with E-state index in [9.17, 15) is 19.2 Å². The van der Waals surface area contributed by atoms with Gasteiger partial charge in [-0.05, 0) is 42.5 Å². The molecule has 2 aliphatic carbocycles. The topological polar surface area (TPSA) is 111 Å². The minimum Gasteiger partial charge on any atom is -0.335 e. The lowest BCUT2D eigenvalue weighted by Gasteiger charge is -2.25. The van der Waals surface area contributed by atoms with Crippen LogP contribution in [-0.4, -0.2) is 23.8 Å². The first kappa shape index (κ1) is 20.3. The third kappa shape index (κ3) is 4.32. The lowest BCUT2D eigenvalue weighted by molar-refractivity contribution is -0.145. The highest BCUT2D eigenvalue weighted by Crippen LogP contribution is 2.48. The summed E-state index contributed by atoms with van der Waals surface area (Å²) in [6, 6.07) is 16.5. The minimum absolute atomic E-state index is 0.166. The quantitative estimate of drug-likeness (QED) is 0.580. The van der Waals surface area contributed by atoms with Gasteiger partial charge in [0.15, 0.2) is 0 Å². The number of hydrogen-bond donors (Lipinski definition) is 2. The number of carbonyl (C=O) groups is 4. The number of carbonyl (C=O) groups excluding carboxylic acids is 4. The Bertz CT molecular complexity index is 939. The zero-order valence-electron chi connectivity index (χ0n) is 16.4. The lowest BCUT2D eigenvalue weighted by Crippen LogP contribution is -2.45. The number of hydroxylamine groups is 2. The standard InChI is InChI=1S/C23H20N2O6/c26-20(24-30-22(28)14-7-3-1-4-8-14)18-16-11-12-17(13-16)19(18)21(27)25-31-23(29)15-9-5-2-6-10-15/h1-12,16-19H,13H2,(H,24,26)(H,25,27)/t16-,17-,18-,19-/m0/s1. The van der Waals surface area contributed by atoms with Crippen LogP contribution in [0, 0.1) is 23.7 Å². The van der Waals surface area contributed by atoms with Crippen LogP contribution >= 0.6 is 0 Å². The van der Waals surface area contributed by atoms with Gasteiger partial charge in [-0.25, -0.2) is 9.59 Å². The molecule has 4 atom stereocenters. The van der Waals surface area contributed by atoms with E-state index in [1.54, 1.807) is 60.7 Å². The summed E-state index contributed by atoms with van der Waals surface area (Å²) in [5.41, 5.74) is 4.93. The first-order chi connectivity index (χ1) is 15.0. The summed E-state index contributed by atoms with van der Waals surface area (Å²) in [4.78, 5) is 59.4. The summed E-state index contributed by atoms with van der Waals surface area (Å²) in [6.07, 6.45) is 4.39. The van der Waals surface area contributed by atoms with E-state index >= 15 is 0 Å². The fourth-order valence-corrected chi connectivity index (χ4v) is 4.13. The second kappa shape index (κ2) is 8.83. The molecule has 0 aromatic heterocycles. The van der Waals surface area contributed by atoms with Gasteiger partial charge in [0, 0.05) is 0 Å². The van der Waals surface area contributed by atoms with Crippen LogP contribution in [0.2, 0.25) is 0 Å². The summed E-state index contributed by atoms with van der Waals surface area (Å²) in [6.45, 7) is 0. The van der Waals surface area contributed by atoms with Crippen LogP contribution < -0.4 is 11.0 Å². The van der Waals surface area contributed by atoms with Gasteiger partial charge in [0.25, 0.3) is 11.8 Å². The molecule has 1 saturated carbocycles. The molecule has 2 N–H and O–H groups in total. The highest BCUT2D eigenvalue weighted by molar-refractivity contribution is 5.93. The summed E-state index contributed by atoms with van der Waals surface area (Å²) in [7, 11) is 0. The molecule has 8 heteroatoms. The van der Waals surface area contributed by atoms with Crippen molar-refractivity contribution in [3.63, 3.8) is 0 Å². The molecule has 0 aliphatic heterocycles. The predicted molar refractivity (Wildman–Crippen MR) is 108 cm³/mol. The largest absolute Gasteiger partial charge is 0.362 e. The molecule has 0 saturated heterocycles. The minimum atomic E-state index is -0.742. The molecule has 0 radical (unpaired) electrons. The molecule has 0 heterocycles. The maximum atomic E-state index is 12.7. The summed E-state index contributed by atoms with van der Waals surface area (Å²) >= 11 is 0. The highest BCUT2D eigenvalue weighted by Gasteiger charge is 2.52. The normalized spacial score (nSPS) is 23.1. The number of nitrogens with one attached hydrogen (secondary N) is 2. The molecule has 0 unspecified atom stereocenters. The molecule has 2 aromatic rings. The van der Waals surface area contributed by atoms with Gasteiger partial charge < -0.3 is 9.68 Å². The molecule has 2 bridgehead atoms. The number of rotatable bonds is 4. The van der Waals surface area contributed by atoms with E-state index in [2.05, 4.69) is 11.0 Å². The van der Waals surface area contributed by atoms with Crippen LogP contribution in [-0.2, 0) is 19.3 Å². The Balaban J connectivity index is 1.37. The number of allylic oxidation sites excluding steroid dienone is 2. The van der Waals surface area contributed by atoms with Crippen LogP contribution in [0.15, 0.2) is 72.8 Å². The van der Waals surface area contributed by atoms with E-state index < -0.39 is 35.6 Å². The zero-order chi connectivity index (χ0) is 21.8. The first-order valence-electron chi connectivity index (χ1n) is 9.85. The Kier molecular flexibility index (Phi) is 5.79. The van der Waals surface area contributed by atoms with E-state index in [4.69, 9.17) is 9.68 Å². The third-order valence-corrected chi connectivity index (χ3v) is 5.57. The van der Waals surface area contributed by atoms with Gasteiger partial charge in [0.1, 0.15) is 0 Å². The molecule has 4 rings (SSSR count). The number of amides is 2. The Morgan fingerprint density at radius 1 is 0.645 bits per heavy atom. The van der Waals surface area contributed by atoms with Crippen molar-refractivity contribution in [1.29, 1.82) is 0 Å². The molecule has 2 aliphatic rings. The van der Waals surface area contributed by atoms with Crippen molar-refractivity contribution in [2.45, 2.75) is 6.42 Å². The summed E-state index contributed by atoms with van der Waals surface area (Å²) in [5.74, 6) is -4.37. The van der Waals surface area contributed by atoms with E-state index in [-0.39, 0.29) is 23.0 Å². The monoisotopic (exact) mass is 420 g/mol. The third-order valence-electron chi connectivity index (χ3n) is 5.57. The van der Waals surface area contributed by atoms with Gasteiger partial charge in [0.05, 0.1) is 23.0 Å². The molecule has 0 spiro atoms. The van der Waals surface area contributed by atoms with Crippen molar-refractivity contribution in [2.75, 3.05) is 0 Å². The number of fused-ring (bicyclic) bond motifs is 2. The molecule has 8 nitrogen and oxygen atoms in total. The second-order valence-corrected chi connectivity index (χ2v) is 7.44. The number of hydrogen-bond acceptors (Lipinski definition) is 6. The molecule has 158 valence electrons. The van der Waals surface area contributed by atoms with Gasteiger partial charge in [-0.1, -0.05) is 48.6 Å². The zero-order valence-corrected chi connectivity index (χ0v) is 16.4. The van der Waals surface area contributed by atoms with Crippen molar-refractivity contribution < 1.29 is 28.9 Å². The van der Waals surface area contributed by atoms with Crippen molar-refractivity contribution in [3.8, 4) is 0 Å². The first-order valence-corrected chi connectivity index (χ1v) is 9.85. The van der Waals surface area contributed by atoms with Gasteiger partial charge in [-0.2, -0.15) is 11.0 Å². The fourth-order valence-electron chi connectivity index (χ4n) is 4.13. The van der Waals surface area contributed by atoms with E-state index in [0.717, 1.165) is 0 Å². The maximum absolute atomic E-state index is 12.7. The lowest BCUT2D eigenvalue weighted by atomic mass is 9.82. The Labute approximate surface area is 178 Å². The van der Waals surface area contributed by atoms with Gasteiger partial charge >= 0.3 is 11.9 Å². The van der Waals surface area contributed by atoms with Crippen molar-refractivity contribution in [3.05, 3.63) is 83.9 Å². The Hall–Kier alpha value is -3.94. The molecule has 2 aromatic carbocycles. The van der Waals surface area contributed by atoms with Gasteiger partial charge in [-0.3, -0.25) is 9.59 Å². The van der Waals surface area contributed by atoms with Crippen LogP contribution in [0.5, 0.6) is 0 Å². The Morgan fingerprint density at radius 2 is 1.03 bits per heavy atom. The smallest absolute Gasteiger partial charge is 0.335 e. The van der Waals surface area contributed by atoms with Crippen molar-refractivity contribution in [1.82, 2.24) is 11.0 Å². The van der Waals surface area contributed by atoms with Crippen LogP contribution in [0.25, 0.3) is 0 Å². The molecular weight excluding hydrogens is 400 g/mol. The van der Waals surface area contributed by atoms with E-state index in [0.29, 0.717) is 6.42 Å². The summed E-state index contributed by atoms with van der Waals surface area (Å²) in [5, 5.41) is 0.